The zero-order valence-electron chi connectivity index (χ0n) is 20.6. The molecule has 1 aliphatic rings. The Bertz CT molecular complexity index is 1460. The summed E-state index contributed by atoms with van der Waals surface area (Å²) in [6.45, 7) is 0.155. The number of hydrogen-bond donors (Lipinski definition) is 1. The zero-order valence-corrected chi connectivity index (χ0v) is 20.6. The number of furan rings is 1. The van der Waals surface area contributed by atoms with Crippen molar-refractivity contribution in [3.8, 4) is 17.2 Å². The number of carbonyl (C=O) groups is 2. The highest BCUT2D eigenvalue weighted by Crippen LogP contribution is 2.46. The molecule has 0 bridgehead atoms. The highest BCUT2D eigenvalue weighted by Gasteiger charge is 2.45. The van der Waals surface area contributed by atoms with Gasteiger partial charge in [0.15, 0.2) is 23.0 Å². The normalized spacial score (nSPS) is 15.4. The van der Waals surface area contributed by atoms with Gasteiger partial charge in [-0.05, 0) is 35.4 Å². The van der Waals surface area contributed by atoms with E-state index in [2.05, 4.69) is 0 Å². The second-order valence-corrected chi connectivity index (χ2v) is 8.52. The minimum Gasteiger partial charge on any atom is -0.503 e. The fourth-order valence-electron chi connectivity index (χ4n) is 4.66. The molecule has 1 amide bonds. The molecule has 1 N–H and O–H groups in total. The van der Waals surface area contributed by atoms with Gasteiger partial charge in [-0.25, -0.2) is 0 Å². The minimum atomic E-state index is -0.942. The summed E-state index contributed by atoms with van der Waals surface area (Å²) in [5.41, 5.74) is 1.77. The first kappa shape index (κ1) is 24.0. The molecule has 0 saturated heterocycles. The molecule has 1 aliphatic heterocycles. The lowest BCUT2D eigenvalue weighted by Crippen LogP contribution is -2.30. The van der Waals surface area contributed by atoms with E-state index in [4.69, 9.17) is 18.6 Å². The zero-order chi connectivity index (χ0) is 26.1. The maximum Gasteiger partial charge on any atom is 0.290 e. The number of benzene rings is 3. The standard InChI is InChI=1S/C29H25NO7/c1-34-22-14-19(15-23(35-2)28(22)36-3)25-24(26(31)21-13-18-11-7-8-12-20(18)37-21)27(32)29(33)30(25)16-17-9-5-4-6-10-17/h4-15,25,32H,16H2,1-3H3. The van der Waals surface area contributed by atoms with Crippen LogP contribution in [-0.2, 0) is 11.3 Å². The molecule has 188 valence electrons. The number of fused-ring (bicyclic) bond motifs is 1. The summed E-state index contributed by atoms with van der Waals surface area (Å²) in [6, 6.07) is 20.5. The molecule has 0 radical (unpaired) electrons. The van der Waals surface area contributed by atoms with E-state index in [9.17, 15) is 14.7 Å². The number of Topliss-reactive ketones (excluding diaryl/α,β-unsaturated/α-hetero) is 1. The lowest BCUT2D eigenvalue weighted by Gasteiger charge is -2.28. The molecule has 8 nitrogen and oxygen atoms in total. The number of ketones is 1. The van der Waals surface area contributed by atoms with Crippen molar-refractivity contribution in [2.75, 3.05) is 21.3 Å². The monoisotopic (exact) mass is 499 g/mol. The number of aliphatic hydroxyl groups is 1. The Balaban J connectivity index is 1.67. The summed E-state index contributed by atoms with van der Waals surface area (Å²) in [6.07, 6.45) is 0. The quantitative estimate of drug-likeness (QED) is 0.331. The second-order valence-electron chi connectivity index (χ2n) is 8.52. The number of carbonyl (C=O) groups excluding carboxylic acids is 2. The van der Waals surface area contributed by atoms with E-state index in [0.717, 1.165) is 10.9 Å². The molecule has 0 aliphatic carbocycles. The molecular weight excluding hydrogens is 474 g/mol. The van der Waals surface area contributed by atoms with Crippen LogP contribution in [0.2, 0.25) is 0 Å². The van der Waals surface area contributed by atoms with Crippen molar-refractivity contribution in [2.24, 2.45) is 0 Å². The SMILES string of the molecule is COc1cc(C2C(C(=O)c3cc4ccccc4o3)=C(O)C(=O)N2Cc2ccccc2)cc(OC)c1OC. The van der Waals surface area contributed by atoms with Gasteiger partial charge in [-0.3, -0.25) is 9.59 Å². The number of para-hydroxylation sites is 1. The van der Waals surface area contributed by atoms with Gasteiger partial charge in [0.05, 0.1) is 32.9 Å². The number of ether oxygens (including phenoxy) is 3. The lowest BCUT2D eigenvalue weighted by molar-refractivity contribution is -0.130. The molecule has 8 heteroatoms. The van der Waals surface area contributed by atoms with Crippen molar-refractivity contribution in [1.29, 1.82) is 0 Å². The maximum absolute atomic E-state index is 13.8. The van der Waals surface area contributed by atoms with Gasteiger partial charge in [-0.15, -0.1) is 0 Å². The van der Waals surface area contributed by atoms with Gasteiger partial charge in [0.25, 0.3) is 5.91 Å². The summed E-state index contributed by atoms with van der Waals surface area (Å²) in [4.78, 5) is 28.6. The third kappa shape index (κ3) is 4.16. The van der Waals surface area contributed by atoms with Crippen LogP contribution in [0.1, 0.15) is 27.7 Å². The molecule has 1 aromatic heterocycles. The Hall–Kier alpha value is -4.72. The van der Waals surface area contributed by atoms with Gasteiger partial charge in [-0.2, -0.15) is 0 Å². The van der Waals surface area contributed by atoms with Gasteiger partial charge in [-0.1, -0.05) is 48.5 Å². The smallest absolute Gasteiger partial charge is 0.290 e. The van der Waals surface area contributed by atoms with Crippen LogP contribution in [0.5, 0.6) is 17.2 Å². The van der Waals surface area contributed by atoms with Crippen LogP contribution in [-0.4, -0.2) is 43.0 Å². The first-order valence-electron chi connectivity index (χ1n) is 11.6. The Labute approximate surface area is 213 Å². The van der Waals surface area contributed by atoms with Crippen LogP contribution in [0.15, 0.2) is 88.5 Å². The number of nitrogens with zero attached hydrogens (tertiary/aromatic N) is 1. The van der Waals surface area contributed by atoms with Crippen molar-refractivity contribution in [2.45, 2.75) is 12.6 Å². The average Bonchev–Trinajstić information content (AvgIpc) is 3.47. The largest absolute Gasteiger partial charge is 0.503 e. The molecule has 1 unspecified atom stereocenters. The van der Waals surface area contributed by atoms with Crippen LogP contribution in [0.4, 0.5) is 0 Å². The molecular formula is C29H25NO7. The van der Waals surface area contributed by atoms with Gasteiger partial charge in [0, 0.05) is 11.9 Å². The summed E-state index contributed by atoms with van der Waals surface area (Å²) in [5.74, 6) is -0.782. The Morgan fingerprint density at radius 1 is 0.919 bits per heavy atom. The first-order valence-corrected chi connectivity index (χ1v) is 11.6. The molecule has 0 spiro atoms. The van der Waals surface area contributed by atoms with Crippen LogP contribution in [0, 0.1) is 0 Å². The van der Waals surface area contributed by atoms with E-state index in [1.54, 1.807) is 30.3 Å². The average molecular weight is 500 g/mol. The number of hydrogen-bond acceptors (Lipinski definition) is 7. The van der Waals surface area contributed by atoms with Crippen LogP contribution in [0.25, 0.3) is 11.0 Å². The maximum atomic E-state index is 13.8. The van der Waals surface area contributed by atoms with Gasteiger partial charge in [0.1, 0.15) is 5.58 Å². The van der Waals surface area contributed by atoms with Crippen molar-refractivity contribution in [1.82, 2.24) is 4.90 Å². The fraction of sp³-hybridized carbons (Fsp3) is 0.172. The van der Waals surface area contributed by atoms with E-state index in [1.165, 1.54) is 26.2 Å². The first-order chi connectivity index (χ1) is 18.0. The Kier molecular flexibility index (Phi) is 6.31. The third-order valence-corrected chi connectivity index (χ3v) is 6.40. The molecule has 0 saturated carbocycles. The van der Waals surface area contributed by atoms with Crippen molar-refractivity contribution in [3.05, 3.63) is 101 Å². The predicted molar refractivity (Wildman–Crippen MR) is 136 cm³/mol. The minimum absolute atomic E-state index is 0.0227. The van der Waals surface area contributed by atoms with E-state index in [-0.39, 0.29) is 17.9 Å². The highest BCUT2D eigenvalue weighted by atomic mass is 16.5. The number of aliphatic hydroxyl groups excluding tert-OH is 1. The van der Waals surface area contributed by atoms with E-state index < -0.39 is 23.5 Å². The summed E-state index contributed by atoms with van der Waals surface area (Å²) in [7, 11) is 4.45. The summed E-state index contributed by atoms with van der Waals surface area (Å²) < 4.78 is 22.3. The van der Waals surface area contributed by atoms with Crippen molar-refractivity contribution < 1.29 is 33.3 Å². The Morgan fingerprint density at radius 2 is 1.57 bits per heavy atom. The van der Waals surface area contributed by atoms with Crippen LogP contribution >= 0.6 is 0 Å². The van der Waals surface area contributed by atoms with Gasteiger partial charge in [0.2, 0.25) is 11.5 Å². The topological polar surface area (TPSA) is 98.4 Å². The van der Waals surface area contributed by atoms with E-state index in [1.807, 2.05) is 42.5 Å². The lowest BCUT2D eigenvalue weighted by atomic mass is 9.94. The van der Waals surface area contributed by atoms with E-state index >= 15 is 0 Å². The van der Waals surface area contributed by atoms with Gasteiger partial charge < -0.3 is 28.6 Å². The summed E-state index contributed by atoms with van der Waals surface area (Å²) in [5, 5.41) is 11.8. The Morgan fingerprint density at radius 3 is 2.19 bits per heavy atom. The number of methoxy groups -OCH3 is 3. The van der Waals surface area contributed by atoms with Crippen LogP contribution in [0.3, 0.4) is 0 Å². The number of rotatable bonds is 8. The van der Waals surface area contributed by atoms with Crippen molar-refractivity contribution >= 4 is 22.7 Å². The van der Waals surface area contributed by atoms with Crippen molar-refractivity contribution in [3.63, 3.8) is 0 Å². The summed E-state index contributed by atoms with van der Waals surface area (Å²) >= 11 is 0. The molecule has 3 aromatic carbocycles. The molecule has 5 rings (SSSR count). The second kappa shape index (κ2) is 9.73. The predicted octanol–water partition coefficient (Wildman–Crippen LogP) is 5.24. The molecule has 2 heterocycles. The molecule has 1 atom stereocenters. The molecule has 0 fully saturated rings. The molecule has 4 aromatic rings. The highest BCUT2D eigenvalue weighted by molar-refractivity contribution is 6.16. The molecule has 37 heavy (non-hydrogen) atoms. The van der Waals surface area contributed by atoms with Crippen LogP contribution < -0.4 is 14.2 Å². The van der Waals surface area contributed by atoms with E-state index in [0.29, 0.717) is 28.4 Å². The van der Waals surface area contributed by atoms with Gasteiger partial charge >= 0.3 is 0 Å². The fourth-order valence-corrected chi connectivity index (χ4v) is 4.66. The number of amides is 1. The third-order valence-electron chi connectivity index (χ3n) is 6.40.